The number of amides is 3. The molecule has 1 atom stereocenters. The highest BCUT2D eigenvalue weighted by Crippen LogP contribution is 2.24. The van der Waals surface area contributed by atoms with Gasteiger partial charge in [0.25, 0.3) is 0 Å². The van der Waals surface area contributed by atoms with Crippen molar-refractivity contribution in [2.75, 3.05) is 23.4 Å². The molecule has 27 heavy (non-hydrogen) atoms. The monoisotopic (exact) mass is 367 g/mol. The second-order valence-corrected chi connectivity index (χ2v) is 6.70. The minimum absolute atomic E-state index is 0.00321. The Labute approximate surface area is 159 Å². The standard InChI is InChI=1S/C21H25N3O3/c1-4-27-18-10-8-17(9-11-18)24-13-16(12-19(24)25)22-21(26)23-20-14(2)6-5-7-15(20)3/h5-11,16H,4,12-13H2,1-3H3,(H2,22,23,26). The fourth-order valence-electron chi connectivity index (χ4n) is 3.29. The number of ether oxygens (including phenoxy) is 1. The first kappa shape index (κ1) is 18.8. The van der Waals surface area contributed by atoms with Gasteiger partial charge in [0.2, 0.25) is 5.91 Å². The molecule has 0 bridgehead atoms. The highest BCUT2D eigenvalue weighted by atomic mass is 16.5. The average molecular weight is 367 g/mol. The summed E-state index contributed by atoms with van der Waals surface area (Å²) < 4.78 is 5.43. The Bertz CT molecular complexity index is 813. The molecule has 2 N–H and O–H groups in total. The lowest BCUT2D eigenvalue weighted by Crippen LogP contribution is -2.40. The summed E-state index contributed by atoms with van der Waals surface area (Å²) in [6.45, 7) is 6.89. The first-order chi connectivity index (χ1) is 13.0. The van der Waals surface area contributed by atoms with Gasteiger partial charge in [0.1, 0.15) is 5.75 Å². The Kier molecular flexibility index (Phi) is 5.64. The van der Waals surface area contributed by atoms with E-state index in [-0.39, 0.29) is 24.4 Å². The quantitative estimate of drug-likeness (QED) is 0.848. The van der Waals surface area contributed by atoms with Gasteiger partial charge in [-0.2, -0.15) is 0 Å². The lowest BCUT2D eigenvalue weighted by atomic mass is 10.1. The van der Waals surface area contributed by atoms with Crippen LogP contribution in [0.25, 0.3) is 0 Å². The summed E-state index contributed by atoms with van der Waals surface area (Å²) in [5.74, 6) is 0.770. The van der Waals surface area contributed by atoms with E-state index in [0.29, 0.717) is 13.2 Å². The molecule has 0 spiro atoms. The van der Waals surface area contributed by atoms with Crippen LogP contribution in [0.15, 0.2) is 42.5 Å². The molecule has 2 aromatic carbocycles. The molecule has 0 saturated carbocycles. The number of rotatable bonds is 5. The third kappa shape index (κ3) is 4.39. The molecule has 0 radical (unpaired) electrons. The smallest absolute Gasteiger partial charge is 0.319 e. The number of hydrogen-bond donors (Lipinski definition) is 2. The number of carbonyl (C=O) groups is 2. The third-order valence-corrected chi connectivity index (χ3v) is 4.64. The van der Waals surface area contributed by atoms with Crippen LogP contribution < -0.4 is 20.3 Å². The number of benzene rings is 2. The largest absolute Gasteiger partial charge is 0.494 e. The van der Waals surface area contributed by atoms with Gasteiger partial charge in [0.15, 0.2) is 0 Å². The Balaban J connectivity index is 1.61. The third-order valence-electron chi connectivity index (χ3n) is 4.64. The number of nitrogens with one attached hydrogen (secondary N) is 2. The van der Waals surface area contributed by atoms with Crippen molar-refractivity contribution in [1.29, 1.82) is 0 Å². The molecule has 1 saturated heterocycles. The summed E-state index contributed by atoms with van der Waals surface area (Å²) in [4.78, 5) is 26.4. The van der Waals surface area contributed by atoms with Gasteiger partial charge in [-0.1, -0.05) is 18.2 Å². The minimum atomic E-state index is -0.293. The molecule has 3 amide bonds. The maximum absolute atomic E-state index is 12.4. The first-order valence-electron chi connectivity index (χ1n) is 9.15. The fourth-order valence-corrected chi connectivity index (χ4v) is 3.29. The molecule has 6 nitrogen and oxygen atoms in total. The van der Waals surface area contributed by atoms with Gasteiger partial charge < -0.3 is 20.3 Å². The molecule has 2 aromatic rings. The SMILES string of the molecule is CCOc1ccc(N2CC(NC(=O)Nc3c(C)cccc3C)CC2=O)cc1. The summed E-state index contributed by atoms with van der Waals surface area (Å²) in [6, 6.07) is 12.8. The molecule has 1 unspecified atom stereocenters. The van der Waals surface area contributed by atoms with E-state index in [4.69, 9.17) is 4.74 Å². The second-order valence-electron chi connectivity index (χ2n) is 6.70. The topological polar surface area (TPSA) is 70.7 Å². The zero-order chi connectivity index (χ0) is 19.4. The molecule has 1 aliphatic heterocycles. The molecule has 0 aliphatic carbocycles. The predicted octanol–water partition coefficient (Wildman–Crippen LogP) is 3.63. The predicted molar refractivity (Wildman–Crippen MR) is 106 cm³/mol. The van der Waals surface area contributed by atoms with Crippen molar-refractivity contribution in [3.8, 4) is 5.75 Å². The fraction of sp³-hybridized carbons (Fsp3) is 0.333. The summed E-state index contributed by atoms with van der Waals surface area (Å²) in [5.41, 5.74) is 3.62. The number of anilines is 2. The van der Waals surface area contributed by atoms with E-state index in [1.165, 1.54) is 0 Å². The number of aryl methyl sites for hydroxylation is 2. The average Bonchev–Trinajstić information content (AvgIpc) is 2.99. The van der Waals surface area contributed by atoms with E-state index in [9.17, 15) is 9.59 Å². The molecular formula is C21H25N3O3. The van der Waals surface area contributed by atoms with Crippen LogP contribution in [-0.4, -0.2) is 31.1 Å². The van der Waals surface area contributed by atoms with Crippen molar-refractivity contribution in [2.24, 2.45) is 0 Å². The highest BCUT2D eigenvalue weighted by molar-refractivity contribution is 5.98. The second kappa shape index (κ2) is 8.12. The minimum Gasteiger partial charge on any atom is -0.494 e. The van der Waals surface area contributed by atoms with Gasteiger partial charge >= 0.3 is 6.03 Å². The summed E-state index contributed by atoms with van der Waals surface area (Å²) >= 11 is 0. The molecule has 1 fully saturated rings. The highest BCUT2D eigenvalue weighted by Gasteiger charge is 2.31. The van der Waals surface area contributed by atoms with E-state index in [1.807, 2.05) is 63.2 Å². The lowest BCUT2D eigenvalue weighted by molar-refractivity contribution is -0.117. The van der Waals surface area contributed by atoms with Crippen molar-refractivity contribution in [3.05, 3.63) is 53.6 Å². The Morgan fingerprint density at radius 1 is 1.15 bits per heavy atom. The van der Waals surface area contributed by atoms with Crippen LogP contribution in [0.1, 0.15) is 24.5 Å². The van der Waals surface area contributed by atoms with E-state index < -0.39 is 0 Å². The first-order valence-corrected chi connectivity index (χ1v) is 9.15. The molecular weight excluding hydrogens is 342 g/mol. The van der Waals surface area contributed by atoms with Crippen LogP contribution in [0.3, 0.4) is 0 Å². The van der Waals surface area contributed by atoms with E-state index >= 15 is 0 Å². The van der Waals surface area contributed by atoms with Crippen LogP contribution >= 0.6 is 0 Å². The van der Waals surface area contributed by atoms with Crippen LogP contribution in [0.4, 0.5) is 16.2 Å². The number of nitrogens with zero attached hydrogens (tertiary/aromatic N) is 1. The van der Waals surface area contributed by atoms with E-state index in [1.54, 1.807) is 4.90 Å². The number of carbonyl (C=O) groups excluding carboxylic acids is 2. The van der Waals surface area contributed by atoms with Crippen LogP contribution in [0.5, 0.6) is 5.75 Å². The van der Waals surface area contributed by atoms with Crippen molar-refractivity contribution in [3.63, 3.8) is 0 Å². The van der Waals surface area contributed by atoms with Crippen LogP contribution in [-0.2, 0) is 4.79 Å². The van der Waals surface area contributed by atoms with Crippen molar-refractivity contribution >= 4 is 23.3 Å². The Hall–Kier alpha value is -3.02. The van der Waals surface area contributed by atoms with Gasteiger partial charge in [0.05, 0.1) is 12.6 Å². The molecule has 1 heterocycles. The van der Waals surface area contributed by atoms with Crippen LogP contribution in [0, 0.1) is 13.8 Å². The maximum atomic E-state index is 12.4. The number of para-hydroxylation sites is 1. The van der Waals surface area contributed by atoms with E-state index in [0.717, 1.165) is 28.3 Å². The molecule has 3 rings (SSSR count). The molecule has 142 valence electrons. The van der Waals surface area contributed by atoms with Gasteiger partial charge in [0, 0.05) is 24.3 Å². The molecule has 6 heteroatoms. The normalized spacial score (nSPS) is 16.3. The lowest BCUT2D eigenvalue weighted by Gasteiger charge is -2.18. The number of urea groups is 1. The Morgan fingerprint density at radius 2 is 1.81 bits per heavy atom. The summed E-state index contributed by atoms with van der Waals surface area (Å²) in [7, 11) is 0. The van der Waals surface area contributed by atoms with Gasteiger partial charge in [-0.3, -0.25) is 4.79 Å². The maximum Gasteiger partial charge on any atom is 0.319 e. The zero-order valence-corrected chi connectivity index (χ0v) is 15.9. The van der Waals surface area contributed by atoms with Crippen molar-refractivity contribution in [2.45, 2.75) is 33.2 Å². The zero-order valence-electron chi connectivity index (χ0n) is 15.9. The van der Waals surface area contributed by atoms with Gasteiger partial charge in [-0.25, -0.2) is 4.79 Å². The molecule has 0 aromatic heterocycles. The summed E-state index contributed by atoms with van der Waals surface area (Å²) in [6.07, 6.45) is 0.285. The van der Waals surface area contributed by atoms with Crippen LogP contribution in [0.2, 0.25) is 0 Å². The number of hydrogen-bond acceptors (Lipinski definition) is 3. The van der Waals surface area contributed by atoms with Gasteiger partial charge in [-0.15, -0.1) is 0 Å². The van der Waals surface area contributed by atoms with E-state index in [2.05, 4.69) is 10.6 Å². The Morgan fingerprint density at radius 3 is 2.44 bits per heavy atom. The van der Waals surface area contributed by atoms with Crippen molar-refractivity contribution in [1.82, 2.24) is 5.32 Å². The molecule has 1 aliphatic rings. The van der Waals surface area contributed by atoms with Crippen molar-refractivity contribution < 1.29 is 14.3 Å². The summed E-state index contributed by atoms with van der Waals surface area (Å²) in [5, 5.41) is 5.81. The van der Waals surface area contributed by atoms with Gasteiger partial charge in [-0.05, 0) is 56.2 Å².